The second kappa shape index (κ2) is 6.74. The van der Waals surface area contributed by atoms with Gasteiger partial charge in [0.1, 0.15) is 5.82 Å². The van der Waals surface area contributed by atoms with Crippen LogP contribution in [0.1, 0.15) is 24.0 Å². The molecule has 0 bridgehead atoms. The zero-order valence-corrected chi connectivity index (χ0v) is 14.7. The highest BCUT2D eigenvalue weighted by Gasteiger charge is 2.39. The molecular formula is C21H20ClFN2. The smallest absolute Gasteiger partial charge is 0.123 e. The van der Waals surface area contributed by atoms with Crippen LogP contribution in [0.3, 0.4) is 0 Å². The summed E-state index contributed by atoms with van der Waals surface area (Å²) < 4.78 is 13.6. The molecule has 0 aromatic heterocycles. The average Bonchev–Trinajstić information content (AvgIpc) is 2.96. The molecule has 2 aliphatic heterocycles. The molecule has 0 atom stereocenters. The lowest BCUT2D eigenvalue weighted by atomic mass is 9.74. The van der Waals surface area contributed by atoms with Gasteiger partial charge in [0.25, 0.3) is 0 Å². The van der Waals surface area contributed by atoms with Crippen LogP contribution in [-0.2, 0) is 5.41 Å². The molecule has 0 saturated carbocycles. The molecule has 2 nitrogen and oxygen atoms in total. The number of aliphatic imine (C=N–C) groups is 1. The summed E-state index contributed by atoms with van der Waals surface area (Å²) in [6.07, 6.45) is 8.33. The zero-order valence-electron chi connectivity index (χ0n) is 14.0. The monoisotopic (exact) mass is 354 g/mol. The Labute approximate surface area is 152 Å². The number of fused-ring (bicyclic) bond motifs is 2. The molecule has 2 heterocycles. The molecule has 128 valence electrons. The van der Waals surface area contributed by atoms with Crippen molar-refractivity contribution >= 4 is 29.6 Å². The lowest BCUT2D eigenvalue weighted by Gasteiger charge is -2.37. The summed E-state index contributed by atoms with van der Waals surface area (Å²) in [5, 5.41) is 0.758. The van der Waals surface area contributed by atoms with E-state index in [1.807, 2.05) is 30.5 Å². The van der Waals surface area contributed by atoms with E-state index in [9.17, 15) is 4.39 Å². The van der Waals surface area contributed by atoms with E-state index in [0.717, 1.165) is 54.3 Å². The standard InChI is InChI=1S/C21H20ClFN2/c22-17-5-3-16(4-6-17)2-1-11-25-12-9-21(10-13-25)15-24-20-8-7-18(23)14-19(20)21/h1-8,14-15H,9-13H2/b2-1+. The van der Waals surface area contributed by atoms with E-state index in [4.69, 9.17) is 11.6 Å². The van der Waals surface area contributed by atoms with Gasteiger partial charge in [0.05, 0.1) is 5.69 Å². The molecule has 2 aliphatic rings. The number of piperidine rings is 1. The fourth-order valence-electron chi connectivity index (χ4n) is 3.73. The number of hydrogen-bond acceptors (Lipinski definition) is 2. The third-order valence-corrected chi connectivity index (χ3v) is 5.49. The van der Waals surface area contributed by atoms with Gasteiger partial charge in [-0.1, -0.05) is 35.9 Å². The summed E-state index contributed by atoms with van der Waals surface area (Å²) in [4.78, 5) is 6.95. The lowest BCUT2D eigenvalue weighted by molar-refractivity contribution is 0.212. The van der Waals surface area contributed by atoms with Crippen molar-refractivity contribution in [2.24, 2.45) is 4.99 Å². The molecule has 1 spiro atoms. The number of likely N-dealkylation sites (tertiary alicyclic amines) is 1. The number of nitrogens with zero attached hydrogens (tertiary/aromatic N) is 2. The van der Waals surface area contributed by atoms with Crippen LogP contribution < -0.4 is 0 Å². The highest BCUT2D eigenvalue weighted by molar-refractivity contribution is 6.30. The minimum absolute atomic E-state index is 0.0756. The summed E-state index contributed by atoms with van der Waals surface area (Å²) >= 11 is 5.91. The fraction of sp³-hybridized carbons (Fsp3) is 0.286. The summed E-state index contributed by atoms with van der Waals surface area (Å²) in [7, 11) is 0. The summed E-state index contributed by atoms with van der Waals surface area (Å²) in [5.41, 5.74) is 3.07. The van der Waals surface area contributed by atoms with Crippen molar-refractivity contribution in [3.05, 3.63) is 70.5 Å². The van der Waals surface area contributed by atoms with Crippen LogP contribution in [0.5, 0.6) is 0 Å². The van der Waals surface area contributed by atoms with Gasteiger partial charge in [-0.05, 0) is 67.4 Å². The minimum atomic E-state index is -0.169. The number of benzene rings is 2. The number of rotatable bonds is 3. The van der Waals surface area contributed by atoms with E-state index in [2.05, 4.69) is 22.0 Å². The van der Waals surface area contributed by atoms with Crippen molar-refractivity contribution in [3.63, 3.8) is 0 Å². The van der Waals surface area contributed by atoms with Crippen LogP contribution in [0.4, 0.5) is 10.1 Å². The number of halogens is 2. The van der Waals surface area contributed by atoms with E-state index < -0.39 is 0 Å². The highest BCUT2D eigenvalue weighted by Crippen LogP contribution is 2.43. The number of hydrogen-bond donors (Lipinski definition) is 0. The van der Waals surface area contributed by atoms with Gasteiger partial charge in [-0.25, -0.2) is 4.39 Å². The first-order valence-corrected chi connectivity index (χ1v) is 9.02. The Morgan fingerprint density at radius 2 is 1.88 bits per heavy atom. The second-order valence-corrected chi connectivity index (χ2v) is 7.27. The normalized spacial score (nSPS) is 19.0. The van der Waals surface area contributed by atoms with Gasteiger partial charge in [0, 0.05) is 23.2 Å². The van der Waals surface area contributed by atoms with Crippen molar-refractivity contribution in [2.45, 2.75) is 18.3 Å². The predicted octanol–water partition coefficient (Wildman–Crippen LogP) is 5.24. The Balaban J connectivity index is 1.37. The summed E-state index contributed by atoms with van der Waals surface area (Å²) in [6, 6.07) is 12.8. The maximum absolute atomic E-state index is 13.6. The predicted molar refractivity (Wildman–Crippen MR) is 102 cm³/mol. The molecule has 0 N–H and O–H groups in total. The molecule has 1 saturated heterocycles. The average molecular weight is 355 g/mol. The molecular weight excluding hydrogens is 335 g/mol. The third kappa shape index (κ3) is 3.39. The first kappa shape index (κ1) is 16.5. The Morgan fingerprint density at radius 1 is 1.12 bits per heavy atom. The van der Waals surface area contributed by atoms with Gasteiger partial charge in [-0.15, -0.1) is 0 Å². The van der Waals surface area contributed by atoms with Gasteiger partial charge >= 0.3 is 0 Å². The summed E-state index contributed by atoms with van der Waals surface area (Å²) in [6.45, 7) is 2.91. The molecule has 25 heavy (non-hydrogen) atoms. The van der Waals surface area contributed by atoms with Crippen molar-refractivity contribution in [3.8, 4) is 0 Å². The van der Waals surface area contributed by atoms with Crippen LogP contribution >= 0.6 is 11.6 Å². The largest absolute Gasteiger partial charge is 0.300 e. The van der Waals surface area contributed by atoms with E-state index in [1.165, 1.54) is 6.07 Å². The van der Waals surface area contributed by atoms with Gasteiger partial charge in [0.2, 0.25) is 0 Å². The van der Waals surface area contributed by atoms with E-state index in [1.54, 1.807) is 12.1 Å². The van der Waals surface area contributed by atoms with Crippen molar-refractivity contribution in [1.82, 2.24) is 4.90 Å². The Kier molecular flexibility index (Phi) is 4.45. The van der Waals surface area contributed by atoms with Crippen molar-refractivity contribution in [2.75, 3.05) is 19.6 Å². The molecule has 0 radical (unpaired) electrons. The van der Waals surface area contributed by atoms with Crippen molar-refractivity contribution in [1.29, 1.82) is 0 Å². The zero-order chi connectivity index (χ0) is 17.3. The maximum atomic E-state index is 13.6. The molecule has 1 fully saturated rings. The lowest BCUT2D eigenvalue weighted by Crippen LogP contribution is -2.42. The van der Waals surface area contributed by atoms with E-state index in [-0.39, 0.29) is 11.2 Å². The highest BCUT2D eigenvalue weighted by atomic mass is 35.5. The quantitative estimate of drug-likeness (QED) is 0.735. The Morgan fingerprint density at radius 3 is 2.64 bits per heavy atom. The first-order valence-electron chi connectivity index (χ1n) is 8.64. The molecule has 2 aromatic rings. The molecule has 0 aliphatic carbocycles. The van der Waals surface area contributed by atoms with E-state index >= 15 is 0 Å². The molecule has 0 unspecified atom stereocenters. The van der Waals surface area contributed by atoms with Crippen LogP contribution in [0, 0.1) is 5.82 Å². The maximum Gasteiger partial charge on any atom is 0.123 e. The second-order valence-electron chi connectivity index (χ2n) is 6.83. The van der Waals surface area contributed by atoms with Gasteiger partial charge < -0.3 is 0 Å². The SMILES string of the molecule is Fc1ccc2c(c1)C1(C=N2)CCN(C/C=C/c2ccc(Cl)cc2)CC1. The Hall–Kier alpha value is -1.97. The van der Waals surface area contributed by atoms with Gasteiger partial charge in [0.15, 0.2) is 0 Å². The first-order chi connectivity index (χ1) is 12.1. The molecule has 4 rings (SSSR count). The van der Waals surface area contributed by atoms with Crippen molar-refractivity contribution < 1.29 is 4.39 Å². The molecule has 0 amide bonds. The van der Waals surface area contributed by atoms with Crippen LogP contribution in [0.25, 0.3) is 6.08 Å². The van der Waals surface area contributed by atoms with Crippen LogP contribution in [0.15, 0.2) is 53.5 Å². The topological polar surface area (TPSA) is 15.6 Å². The van der Waals surface area contributed by atoms with Gasteiger partial charge in [-0.3, -0.25) is 9.89 Å². The molecule has 4 heteroatoms. The summed E-state index contributed by atoms with van der Waals surface area (Å²) in [5.74, 6) is -0.169. The van der Waals surface area contributed by atoms with Crippen LogP contribution in [0.2, 0.25) is 5.02 Å². The fourth-order valence-corrected chi connectivity index (χ4v) is 3.85. The Bertz CT molecular complexity index is 818. The van der Waals surface area contributed by atoms with E-state index in [0.29, 0.717) is 0 Å². The van der Waals surface area contributed by atoms with Crippen LogP contribution in [-0.4, -0.2) is 30.7 Å². The van der Waals surface area contributed by atoms with Gasteiger partial charge in [-0.2, -0.15) is 0 Å². The minimum Gasteiger partial charge on any atom is -0.300 e. The molecule has 2 aromatic carbocycles. The third-order valence-electron chi connectivity index (χ3n) is 5.24.